The van der Waals surface area contributed by atoms with E-state index in [2.05, 4.69) is 20.6 Å². The number of rotatable bonds is 8. The zero-order chi connectivity index (χ0) is 18.8. The van der Waals surface area contributed by atoms with Gasteiger partial charge in [0.25, 0.3) is 0 Å². The van der Waals surface area contributed by atoms with E-state index in [1.165, 1.54) is 4.88 Å². The zero-order valence-electron chi connectivity index (χ0n) is 15.7. The summed E-state index contributed by atoms with van der Waals surface area (Å²) >= 11 is 1.65. The summed E-state index contributed by atoms with van der Waals surface area (Å²) in [6.07, 6.45) is 2.28. The number of thiazole rings is 1. The number of nitrogens with zero attached hydrogens (tertiary/aromatic N) is 3. The van der Waals surface area contributed by atoms with Gasteiger partial charge in [-0.15, -0.1) is 11.3 Å². The highest BCUT2D eigenvalue weighted by atomic mass is 32.1. The minimum Gasteiger partial charge on any atom is -0.357 e. The van der Waals surface area contributed by atoms with Crippen LogP contribution in [0.1, 0.15) is 28.8 Å². The standard InChI is InChI=1S/C19H27N5OS/c1-4-20-19(23-13-17-22-12-15(2)26-17)21-11-10-18(25)24(3)14-16-8-6-5-7-9-16/h5-9,12H,4,10-11,13-14H2,1-3H3,(H2,20,21,23). The van der Waals surface area contributed by atoms with Crippen molar-refractivity contribution in [2.24, 2.45) is 4.99 Å². The van der Waals surface area contributed by atoms with Gasteiger partial charge in [-0.2, -0.15) is 0 Å². The topological polar surface area (TPSA) is 69.6 Å². The highest BCUT2D eigenvalue weighted by Crippen LogP contribution is 2.11. The van der Waals surface area contributed by atoms with Crippen LogP contribution in [-0.2, 0) is 17.9 Å². The molecule has 2 N–H and O–H groups in total. The van der Waals surface area contributed by atoms with E-state index < -0.39 is 0 Å². The van der Waals surface area contributed by atoms with E-state index in [0.29, 0.717) is 32.0 Å². The van der Waals surface area contributed by atoms with Crippen molar-refractivity contribution in [1.29, 1.82) is 0 Å². The Bertz CT molecular complexity index is 714. The summed E-state index contributed by atoms with van der Waals surface area (Å²) < 4.78 is 0. The lowest BCUT2D eigenvalue weighted by Gasteiger charge is -2.18. The van der Waals surface area contributed by atoms with Crippen LogP contribution in [0.4, 0.5) is 0 Å². The van der Waals surface area contributed by atoms with Gasteiger partial charge in [0.15, 0.2) is 5.96 Å². The number of hydrogen-bond acceptors (Lipinski definition) is 4. The normalized spacial score (nSPS) is 11.3. The molecule has 2 aromatic rings. The van der Waals surface area contributed by atoms with E-state index in [1.807, 2.05) is 57.4 Å². The van der Waals surface area contributed by atoms with E-state index in [0.717, 1.165) is 17.1 Å². The monoisotopic (exact) mass is 373 g/mol. The lowest BCUT2D eigenvalue weighted by atomic mass is 10.2. The van der Waals surface area contributed by atoms with Crippen LogP contribution >= 0.6 is 11.3 Å². The Morgan fingerprint density at radius 2 is 2.04 bits per heavy atom. The van der Waals surface area contributed by atoms with Gasteiger partial charge in [0.05, 0.1) is 6.54 Å². The highest BCUT2D eigenvalue weighted by molar-refractivity contribution is 7.11. The second-order valence-corrected chi connectivity index (χ2v) is 7.29. The fraction of sp³-hybridized carbons (Fsp3) is 0.421. The van der Waals surface area contributed by atoms with Crippen LogP contribution in [0.5, 0.6) is 0 Å². The largest absolute Gasteiger partial charge is 0.357 e. The Kier molecular flexibility index (Phi) is 8.08. The molecule has 140 valence electrons. The number of aryl methyl sites for hydroxylation is 1. The Labute approximate surface area is 159 Å². The Morgan fingerprint density at radius 3 is 2.69 bits per heavy atom. The van der Waals surface area contributed by atoms with Crippen LogP contribution in [0, 0.1) is 6.92 Å². The summed E-state index contributed by atoms with van der Waals surface area (Å²) in [5.41, 5.74) is 1.13. The molecule has 26 heavy (non-hydrogen) atoms. The summed E-state index contributed by atoms with van der Waals surface area (Å²) in [5.74, 6) is 0.812. The van der Waals surface area contributed by atoms with Gasteiger partial charge in [-0.05, 0) is 19.4 Å². The lowest BCUT2D eigenvalue weighted by Crippen LogP contribution is -2.39. The van der Waals surface area contributed by atoms with Gasteiger partial charge >= 0.3 is 0 Å². The first kappa shape index (κ1) is 19.9. The third-order valence-corrected chi connectivity index (χ3v) is 4.60. The molecule has 2 rings (SSSR count). The molecule has 0 atom stereocenters. The number of carbonyl (C=O) groups is 1. The van der Waals surface area contributed by atoms with Crippen molar-refractivity contribution in [2.45, 2.75) is 33.4 Å². The minimum atomic E-state index is 0.104. The molecule has 0 fully saturated rings. The number of aromatic nitrogens is 1. The number of carbonyl (C=O) groups excluding carboxylic acids is 1. The van der Waals surface area contributed by atoms with Crippen LogP contribution in [-0.4, -0.2) is 41.9 Å². The molecule has 0 spiro atoms. The zero-order valence-corrected chi connectivity index (χ0v) is 16.5. The third-order valence-electron chi connectivity index (χ3n) is 3.71. The maximum absolute atomic E-state index is 12.3. The first-order chi connectivity index (χ1) is 12.6. The molecule has 1 heterocycles. The van der Waals surface area contributed by atoms with Gasteiger partial charge in [0.1, 0.15) is 5.01 Å². The predicted molar refractivity (Wildman–Crippen MR) is 107 cm³/mol. The second-order valence-electron chi connectivity index (χ2n) is 5.97. The van der Waals surface area contributed by atoms with E-state index in [4.69, 9.17) is 0 Å². The molecule has 1 aromatic heterocycles. The Hall–Kier alpha value is -2.41. The number of nitrogens with one attached hydrogen (secondary N) is 2. The van der Waals surface area contributed by atoms with Gasteiger partial charge < -0.3 is 15.5 Å². The third kappa shape index (κ3) is 6.84. The summed E-state index contributed by atoms with van der Waals surface area (Å²) in [5, 5.41) is 7.39. The SMILES string of the molecule is CCNC(=NCc1ncc(C)s1)NCCC(=O)N(C)Cc1ccccc1. The molecule has 7 heteroatoms. The molecule has 0 saturated heterocycles. The average molecular weight is 374 g/mol. The summed E-state index contributed by atoms with van der Waals surface area (Å²) in [6.45, 7) is 6.52. The molecule has 0 aliphatic rings. The predicted octanol–water partition coefficient (Wildman–Crippen LogP) is 2.56. The molecule has 0 saturated carbocycles. The Balaban J connectivity index is 1.78. The van der Waals surface area contributed by atoms with Crippen LogP contribution in [0.2, 0.25) is 0 Å². The summed E-state index contributed by atoms with van der Waals surface area (Å²) in [7, 11) is 1.83. The first-order valence-electron chi connectivity index (χ1n) is 8.80. The number of hydrogen-bond donors (Lipinski definition) is 2. The summed E-state index contributed by atoms with van der Waals surface area (Å²) in [6, 6.07) is 10.00. The number of benzene rings is 1. The fourth-order valence-electron chi connectivity index (χ4n) is 2.39. The van der Waals surface area contributed by atoms with E-state index in [9.17, 15) is 4.79 Å². The van der Waals surface area contributed by atoms with Crippen LogP contribution in [0.3, 0.4) is 0 Å². The highest BCUT2D eigenvalue weighted by Gasteiger charge is 2.09. The van der Waals surface area contributed by atoms with Crippen molar-refractivity contribution < 1.29 is 4.79 Å². The molecule has 0 unspecified atom stereocenters. The van der Waals surface area contributed by atoms with Crippen molar-refractivity contribution in [1.82, 2.24) is 20.5 Å². The fourth-order valence-corrected chi connectivity index (χ4v) is 3.10. The minimum absolute atomic E-state index is 0.104. The molecule has 1 amide bonds. The first-order valence-corrected chi connectivity index (χ1v) is 9.61. The van der Waals surface area contributed by atoms with Gasteiger partial charge in [-0.3, -0.25) is 4.79 Å². The van der Waals surface area contributed by atoms with E-state index in [-0.39, 0.29) is 5.91 Å². The average Bonchev–Trinajstić information content (AvgIpc) is 3.05. The van der Waals surface area contributed by atoms with Crippen molar-refractivity contribution >= 4 is 23.2 Å². The van der Waals surface area contributed by atoms with Gasteiger partial charge in [0, 0.05) is 44.2 Å². The van der Waals surface area contributed by atoms with Crippen molar-refractivity contribution in [3.8, 4) is 0 Å². The molecule has 6 nitrogen and oxygen atoms in total. The maximum Gasteiger partial charge on any atom is 0.224 e. The molecule has 0 aliphatic heterocycles. The van der Waals surface area contributed by atoms with Crippen molar-refractivity contribution in [3.05, 3.63) is 52.0 Å². The molecular weight excluding hydrogens is 346 g/mol. The van der Waals surface area contributed by atoms with Gasteiger partial charge in [-0.1, -0.05) is 30.3 Å². The van der Waals surface area contributed by atoms with Crippen LogP contribution < -0.4 is 10.6 Å². The van der Waals surface area contributed by atoms with E-state index in [1.54, 1.807) is 16.2 Å². The number of amides is 1. The number of aliphatic imine (C=N–C) groups is 1. The molecular formula is C19H27N5OS. The molecule has 1 aromatic carbocycles. The maximum atomic E-state index is 12.3. The Morgan fingerprint density at radius 1 is 1.27 bits per heavy atom. The van der Waals surface area contributed by atoms with E-state index >= 15 is 0 Å². The van der Waals surface area contributed by atoms with Crippen molar-refractivity contribution in [2.75, 3.05) is 20.1 Å². The van der Waals surface area contributed by atoms with Gasteiger partial charge in [-0.25, -0.2) is 9.98 Å². The molecule has 0 bridgehead atoms. The number of guanidine groups is 1. The molecule has 0 radical (unpaired) electrons. The lowest BCUT2D eigenvalue weighted by molar-refractivity contribution is -0.130. The van der Waals surface area contributed by atoms with Gasteiger partial charge in [0.2, 0.25) is 5.91 Å². The smallest absolute Gasteiger partial charge is 0.224 e. The van der Waals surface area contributed by atoms with Crippen LogP contribution in [0.25, 0.3) is 0 Å². The quantitative estimate of drug-likeness (QED) is 0.551. The second kappa shape index (κ2) is 10.6. The summed E-state index contributed by atoms with van der Waals surface area (Å²) in [4.78, 5) is 24.1. The van der Waals surface area contributed by atoms with Crippen molar-refractivity contribution in [3.63, 3.8) is 0 Å². The molecule has 0 aliphatic carbocycles. The van der Waals surface area contributed by atoms with Crippen LogP contribution in [0.15, 0.2) is 41.5 Å².